The van der Waals surface area contributed by atoms with Gasteiger partial charge >= 0.3 is 0 Å². The van der Waals surface area contributed by atoms with E-state index < -0.39 is 30.0 Å². The molecule has 0 aliphatic carbocycles. The van der Waals surface area contributed by atoms with E-state index in [0.29, 0.717) is 21.5 Å². The van der Waals surface area contributed by atoms with Crippen molar-refractivity contribution in [2.45, 2.75) is 9.79 Å². The second-order valence-corrected chi connectivity index (χ2v) is 13.7. The van der Waals surface area contributed by atoms with Crippen molar-refractivity contribution in [3.05, 3.63) is 84.9 Å². The number of fused-ring (bicyclic) bond motifs is 20. The third kappa shape index (κ3) is 4.82. The number of rotatable bonds is 2. The average Bonchev–Trinajstić information content (AvgIpc) is 3.79. The van der Waals surface area contributed by atoms with Gasteiger partial charge in [0.2, 0.25) is 0 Å². The molecule has 2 aliphatic rings. The second-order valence-electron chi connectivity index (χ2n) is 10.9. The first-order valence-corrected chi connectivity index (χ1v) is 17.0. The molecule has 0 fully saturated rings. The Morgan fingerprint density at radius 2 is 0.755 bits per heavy atom. The maximum atomic E-state index is 12.5. The first-order valence-electron chi connectivity index (χ1n) is 14.2. The molecule has 7 aromatic rings. The Bertz CT molecular complexity index is 2780. The molecule has 4 aromatic carbocycles. The van der Waals surface area contributed by atoms with Crippen molar-refractivity contribution in [2.24, 2.45) is 0 Å². The predicted molar refractivity (Wildman–Crippen MR) is 174 cm³/mol. The van der Waals surface area contributed by atoms with Gasteiger partial charge in [0, 0.05) is 61.9 Å². The average molecular weight is 736 g/mol. The number of hydrogen-bond acceptors (Lipinski definition) is 10. The summed E-state index contributed by atoms with van der Waals surface area (Å²) in [6.45, 7) is 0. The molecule has 2 aliphatic heterocycles. The van der Waals surface area contributed by atoms with Crippen LogP contribution in [0.1, 0.15) is 0 Å². The van der Waals surface area contributed by atoms with Crippen molar-refractivity contribution in [2.75, 3.05) is 0 Å². The Hall–Kier alpha value is -5.42. The summed E-state index contributed by atoms with van der Waals surface area (Å²) >= 11 is 0. The van der Waals surface area contributed by atoms with Crippen molar-refractivity contribution in [3.8, 4) is 45.6 Å². The molecule has 245 valence electrons. The van der Waals surface area contributed by atoms with Gasteiger partial charge in [-0.3, -0.25) is 9.11 Å². The molecule has 0 saturated carbocycles. The van der Waals surface area contributed by atoms with Gasteiger partial charge in [-0.05, 0) is 33.7 Å². The van der Waals surface area contributed by atoms with Crippen LogP contribution >= 0.6 is 0 Å². The Balaban J connectivity index is 0.00000348. The Morgan fingerprint density at radius 1 is 0.429 bits per heavy atom. The van der Waals surface area contributed by atoms with Crippen molar-refractivity contribution in [1.82, 2.24) is 39.9 Å². The van der Waals surface area contributed by atoms with Crippen molar-refractivity contribution in [3.63, 3.8) is 0 Å². The van der Waals surface area contributed by atoms with E-state index in [1.165, 1.54) is 24.3 Å². The summed E-state index contributed by atoms with van der Waals surface area (Å²) in [4.78, 5) is 36.5. The van der Waals surface area contributed by atoms with Crippen LogP contribution in [0.2, 0.25) is 0 Å². The zero-order chi connectivity index (χ0) is 32.9. The van der Waals surface area contributed by atoms with E-state index in [1.54, 1.807) is 60.7 Å². The van der Waals surface area contributed by atoms with Crippen LogP contribution in [-0.4, -0.2) is 55.8 Å². The maximum absolute atomic E-state index is 12.5. The molecule has 0 atom stereocenters. The Morgan fingerprint density at radius 3 is 1.08 bits per heavy atom. The SMILES string of the molecule is O=S(=O)(O)c1cccc2c1-c1nc-2nc2[n-]c(nc3nc(nc4[n-]c(n1)c1ccccc41)-c1cccc(S(=O)(=O)O)c1-3)c1ccccc21.[Cu]. The summed E-state index contributed by atoms with van der Waals surface area (Å²) in [6.07, 6.45) is 0. The van der Waals surface area contributed by atoms with Crippen LogP contribution in [0.25, 0.3) is 89.7 Å². The summed E-state index contributed by atoms with van der Waals surface area (Å²) in [6, 6.07) is 22.7. The summed E-state index contributed by atoms with van der Waals surface area (Å²) < 4.78 is 70.5. The van der Waals surface area contributed by atoms with Gasteiger partial charge in [0.1, 0.15) is 9.79 Å². The summed E-state index contributed by atoms with van der Waals surface area (Å²) in [5, 5.41) is 2.22. The van der Waals surface area contributed by atoms with Gasteiger partial charge in [0.15, 0.2) is 0 Å². The largest absolute Gasteiger partial charge is 0.357 e. The minimum Gasteiger partial charge on any atom is -0.357 e. The Labute approximate surface area is 286 Å². The van der Waals surface area contributed by atoms with Gasteiger partial charge in [-0.15, -0.1) is 0 Å². The van der Waals surface area contributed by atoms with E-state index in [9.17, 15) is 25.9 Å². The quantitative estimate of drug-likeness (QED) is 0.183. The first kappa shape index (κ1) is 30.9. The maximum Gasteiger partial charge on any atom is 0.295 e. The van der Waals surface area contributed by atoms with E-state index >= 15 is 0 Å². The van der Waals surface area contributed by atoms with Crippen molar-refractivity contribution >= 4 is 64.4 Å². The zero-order valence-corrected chi connectivity index (χ0v) is 26.9. The number of aromatic nitrogens is 8. The van der Waals surface area contributed by atoms with Crippen LogP contribution in [0, 0.1) is 0 Å². The molecular formula is C32H16CuN8O6S2-2. The zero-order valence-electron chi connectivity index (χ0n) is 24.3. The third-order valence-electron chi connectivity index (χ3n) is 8.05. The topological polar surface area (TPSA) is 214 Å². The standard InChI is InChI=1S/C32H16N8O6S2.Cu/c41-47(42,43)21-13-5-11-19-23(21)32-38-28-18-10-4-2-8-16(18)26(34-28)36-30-20-12-6-14-22(48(44,45)46)24(20)31(40-30)37-27-17-9-3-1-7-15(17)25(33-27)35-29(19)39-32;/h1-14H,(H2-2,33,34,35,36,37,38,39,40,41,42,43,44,45,46);/q-2;. The van der Waals surface area contributed by atoms with Gasteiger partial charge in [-0.25, -0.2) is 9.97 Å². The predicted octanol–water partition coefficient (Wildman–Crippen LogP) is 4.62. The van der Waals surface area contributed by atoms with Crippen LogP contribution < -0.4 is 9.97 Å². The molecule has 49 heavy (non-hydrogen) atoms. The van der Waals surface area contributed by atoms with E-state index in [0.717, 1.165) is 0 Å². The molecule has 8 bridgehead atoms. The minimum atomic E-state index is -4.71. The van der Waals surface area contributed by atoms with Crippen molar-refractivity contribution in [1.29, 1.82) is 0 Å². The third-order valence-corrected chi connectivity index (χ3v) is 9.84. The van der Waals surface area contributed by atoms with Crippen LogP contribution in [0.15, 0.2) is 94.7 Å². The summed E-state index contributed by atoms with van der Waals surface area (Å²) in [7, 11) is -9.43. The number of benzene rings is 4. The molecule has 0 unspecified atom stereocenters. The van der Waals surface area contributed by atoms with Gasteiger partial charge in [-0.1, -0.05) is 72.8 Å². The molecule has 1 radical (unpaired) electrons. The first-order chi connectivity index (χ1) is 23.0. The fraction of sp³-hybridized carbons (Fsp3) is 0. The monoisotopic (exact) mass is 735 g/mol. The van der Waals surface area contributed by atoms with E-state index in [1.807, 2.05) is 0 Å². The molecular weight excluding hydrogens is 720 g/mol. The van der Waals surface area contributed by atoms with Gasteiger partial charge in [0.25, 0.3) is 20.2 Å². The van der Waals surface area contributed by atoms with Crippen LogP contribution in [0.5, 0.6) is 0 Å². The van der Waals surface area contributed by atoms with Crippen molar-refractivity contribution < 1.29 is 43.0 Å². The van der Waals surface area contributed by atoms with Gasteiger partial charge in [-0.2, -0.15) is 16.8 Å². The molecule has 2 N–H and O–H groups in total. The van der Waals surface area contributed by atoms with Crippen LogP contribution in [0.3, 0.4) is 0 Å². The molecule has 0 spiro atoms. The van der Waals surface area contributed by atoms with E-state index in [4.69, 9.17) is 9.97 Å². The fourth-order valence-electron chi connectivity index (χ4n) is 6.02. The minimum absolute atomic E-state index is 0. The number of hydrogen-bond donors (Lipinski definition) is 2. The van der Waals surface area contributed by atoms with Crippen LogP contribution in [0.4, 0.5) is 0 Å². The second kappa shape index (κ2) is 10.8. The summed E-state index contributed by atoms with van der Waals surface area (Å²) in [5.41, 5.74) is 1.29. The molecule has 0 saturated heterocycles. The van der Waals surface area contributed by atoms with E-state index in [2.05, 4.69) is 29.9 Å². The molecule has 3 aromatic heterocycles. The molecule has 5 heterocycles. The Kier molecular flexibility index (Phi) is 6.80. The number of nitrogens with zero attached hydrogens (tertiary/aromatic N) is 8. The van der Waals surface area contributed by atoms with Gasteiger partial charge in [0.05, 0.1) is 23.3 Å². The van der Waals surface area contributed by atoms with Gasteiger partial charge < -0.3 is 29.9 Å². The fourth-order valence-corrected chi connectivity index (χ4v) is 7.44. The molecule has 0 amide bonds. The van der Waals surface area contributed by atoms with Crippen LogP contribution in [-0.2, 0) is 37.3 Å². The molecule has 14 nitrogen and oxygen atoms in total. The summed E-state index contributed by atoms with van der Waals surface area (Å²) in [5.74, 6) is 0.0303. The smallest absolute Gasteiger partial charge is 0.295 e. The van der Waals surface area contributed by atoms with E-state index in [-0.39, 0.29) is 85.2 Å². The normalized spacial score (nSPS) is 12.4. The molecule has 17 heteroatoms. The molecule has 9 rings (SSSR count).